The lowest BCUT2D eigenvalue weighted by atomic mass is 9.91. The lowest BCUT2D eigenvalue weighted by Crippen LogP contribution is -2.09. The molecule has 0 aromatic heterocycles. The molecule has 4 bridgehead atoms. The topological polar surface area (TPSA) is 65.7 Å². The van der Waals surface area contributed by atoms with Crippen LogP contribution in [0.25, 0.3) is 33.4 Å². The second kappa shape index (κ2) is 8.26. The summed E-state index contributed by atoms with van der Waals surface area (Å²) in [6.45, 7) is 1.00. The molecule has 4 aliphatic rings. The predicted octanol–water partition coefficient (Wildman–Crippen LogP) is 5.67. The summed E-state index contributed by atoms with van der Waals surface area (Å²) in [6.07, 6.45) is 3.74. The molecule has 5 nitrogen and oxygen atoms in total. The predicted molar refractivity (Wildman–Crippen MR) is 119 cm³/mol. The Labute approximate surface area is 179 Å². The van der Waals surface area contributed by atoms with E-state index in [1.807, 2.05) is 36.4 Å². The van der Waals surface area contributed by atoms with Crippen molar-refractivity contribution >= 4 is 16.9 Å². The summed E-state index contributed by atoms with van der Waals surface area (Å²) in [6, 6.07) is 17.9. The Morgan fingerprint density at radius 1 is 0.677 bits per heavy atom. The molecule has 0 atom stereocenters. The number of rotatable bonds is 0. The molecule has 0 unspecified atom stereocenters. The maximum atomic E-state index is 12.9. The van der Waals surface area contributed by atoms with Crippen LogP contribution in [0, 0.1) is 0 Å². The third kappa shape index (κ3) is 3.79. The SMILES string of the molecule is O=C1OCCCCCCOc2ccc3c(c4ccc(=O)cc-4oc3c2)-c2ccccc21. The second-order valence-electron chi connectivity index (χ2n) is 7.74. The minimum Gasteiger partial charge on any atom is -0.493 e. The van der Waals surface area contributed by atoms with Crippen LogP contribution in [0.1, 0.15) is 36.0 Å². The molecule has 156 valence electrons. The summed E-state index contributed by atoms with van der Waals surface area (Å²) in [7, 11) is 0. The van der Waals surface area contributed by atoms with E-state index in [0.29, 0.717) is 30.1 Å². The van der Waals surface area contributed by atoms with Gasteiger partial charge in [0.1, 0.15) is 17.1 Å². The van der Waals surface area contributed by atoms with Crippen LogP contribution in [0.2, 0.25) is 0 Å². The van der Waals surface area contributed by atoms with Crippen LogP contribution in [0.4, 0.5) is 0 Å². The molecule has 0 spiro atoms. The van der Waals surface area contributed by atoms with E-state index in [2.05, 4.69) is 0 Å². The highest BCUT2D eigenvalue weighted by molar-refractivity contribution is 6.07. The number of fused-ring (bicyclic) bond motifs is 10. The average molecular weight is 414 g/mol. The molecule has 0 amide bonds. The number of benzene rings is 3. The van der Waals surface area contributed by atoms with Gasteiger partial charge in [-0.3, -0.25) is 4.79 Å². The van der Waals surface area contributed by atoms with Crippen molar-refractivity contribution in [3.8, 4) is 28.2 Å². The number of carbonyl (C=O) groups is 1. The highest BCUT2D eigenvalue weighted by Crippen LogP contribution is 2.42. The van der Waals surface area contributed by atoms with Gasteiger partial charge < -0.3 is 13.9 Å². The van der Waals surface area contributed by atoms with E-state index in [-0.39, 0.29) is 11.4 Å². The molecule has 1 aliphatic carbocycles. The molecule has 3 aliphatic heterocycles. The summed E-state index contributed by atoms with van der Waals surface area (Å²) in [5.41, 5.74) is 3.31. The average Bonchev–Trinajstić information content (AvgIpc) is 2.78. The molecule has 3 heterocycles. The van der Waals surface area contributed by atoms with E-state index in [4.69, 9.17) is 13.9 Å². The number of ether oxygens (including phenoxy) is 2. The van der Waals surface area contributed by atoms with Crippen molar-refractivity contribution in [3.63, 3.8) is 0 Å². The lowest BCUT2D eigenvalue weighted by molar-refractivity contribution is 0.0498. The Bertz CT molecular complexity index is 1290. The summed E-state index contributed by atoms with van der Waals surface area (Å²) < 4.78 is 17.6. The van der Waals surface area contributed by atoms with Crippen molar-refractivity contribution in [2.24, 2.45) is 0 Å². The Morgan fingerprint density at radius 3 is 2.29 bits per heavy atom. The zero-order valence-corrected chi connectivity index (χ0v) is 17.1. The van der Waals surface area contributed by atoms with Crippen LogP contribution in [0.5, 0.6) is 5.75 Å². The Hall–Kier alpha value is -3.60. The second-order valence-corrected chi connectivity index (χ2v) is 7.74. The molecule has 2 aromatic rings. The fourth-order valence-corrected chi connectivity index (χ4v) is 4.10. The smallest absolute Gasteiger partial charge is 0.338 e. The van der Waals surface area contributed by atoms with Crippen molar-refractivity contribution in [3.05, 3.63) is 76.5 Å². The molecule has 2 aromatic carbocycles. The van der Waals surface area contributed by atoms with E-state index >= 15 is 0 Å². The molecule has 31 heavy (non-hydrogen) atoms. The van der Waals surface area contributed by atoms with Gasteiger partial charge in [-0.1, -0.05) is 18.2 Å². The quantitative estimate of drug-likeness (QED) is 0.274. The van der Waals surface area contributed by atoms with Crippen LogP contribution >= 0.6 is 0 Å². The van der Waals surface area contributed by atoms with Gasteiger partial charge in [0.2, 0.25) is 0 Å². The maximum absolute atomic E-state index is 12.9. The molecular weight excluding hydrogens is 392 g/mol. The van der Waals surface area contributed by atoms with E-state index in [9.17, 15) is 9.59 Å². The highest BCUT2D eigenvalue weighted by atomic mass is 16.5. The maximum Gasteiger partial charge on any atom is 0.338 e. The number of hydrogen-bond acceptors (Lipinski definition) is 5. The fraction of sp³-hybridized carbons (Fsp3) is 0.231. The van der Waals surface area contributed by atoms with Gasteiger partial charge in [0, 0.05) is 28.6 Å². The fourth-order valence-electron chi connectivity index (χ4n) is 4.10. The van der Waals surface area contributed by atoms with Crippen molar-refractivity contribution in [2.45, 2.75) is 25.7 Å². The van der Waals surface area contributed by atoms with Crippen LogP contribution < -0.4 is 10.2 Å². The molecule has 0 saturated heterocycles. The van der Waals surface area contributed by atoms with Crippen LogP contribution in [0.3, 0.4) is 0 Å². The van der Waals surface area contributed by atoms with Crippen LogP contribution in [-0.4, -0.2) is 19.2 Å². The molecule has 0 N–H and O–H groups in total. The first kappa shape index (κ1) is 19.4. The van der Waals surface area contributed by atoms with E-state index in [1.54, 1.807) is 12.1 Å². The number of hydrogen-bond donors (Lipinski definition) is 0. The van der Waals surface area contributed by atoms with Crippen LogP contribution in [-0.2, 0) is 4.74 Å². The van der Waals surface area contributed by atoms with Crippen molar-refractivity contribution in [1.82, 2.24) is 0 Å². The molecule has 5 heteroatoms. The van der Waals surface area contributed by atoms with Gasteiger partial charge in [0.15, 0.2) is 5.43 Å². The lowest BCUT2D eigenvalue weighted by Gasteiger charge is -2.18. The molecule has 0 saturated carbocycles. The normalized spacial score (nSPS) is 15.0. The van der Waals surface area contributed by atoms with E-state index < -0.39 is 0 Å². The number of esters is 1. The van der Waals surface area contributed by atoms with Gasteiger partial charge >= 0.3 is 5.97 Å². The first-order valence-electron chi connectivity index (χ1n) is 10.6. The van der Waals surface area contributed by atoms with Crippen LogP contribution in [0.15, 0.2) is 69.9 Å². The standard InChI is InChI=1S/C26H22O5/c27-17-9-11-21-23(15-17)31-24-16-18-10-12-22(24)25(21)19-7-3-4-8-20(19)26(28)30-14-6-2-1-5-13-29-18/h3-4,7-12,15-16H,1-2,5-6,13-14H2. The third-order valence-electron chi connectivity index (χ3n) is 5.62. The summed E-state index contributed by atoms with van der Waals surface area (Å²) in [5.74, 6) is 0.848. The summed E-state index contributed by atoms with van der Waals surface area (Å²) in [5, 5.41) is 0.839. The van der Waals surface area contributed by atoms with Gasteiger partial charge in [-0.2, -0.15) is 0 Å². The van der Waals surface area contributed by atoms with Gasteiger partial charge in [0.25, 0.3) is 0 Å². The largest absolute Gasteiger partial charge is 0.493 e. The molecule has 0 radical (unpaired) electrons. The summed E-state index contributed by atoms with van der Waals surface area (Å²) >= 11 is 0. The minimum absolute atomic E-state index is 0.135. The van der Waals surface area contributed by atoms with Gasteiger partial charge in [-0.15, -0.1) is 0 Å². The zero-order chi connectivity index (χ0) is 21.2. The zero-order valence-electron chi connectivity index (χ0n) is 17.1. The molecular formula is C26H22O5. The van der Waals surface area contributed by atoms with Crippen molar-refractivity contribution in [2.75, 3.05) is 13.2 Å². The molecule has 6 rings (SSSR count). The first-order valence-corrected chi connectivity index (χ1v) is 10.6. The van der Waals surface area contributed by atoms with E-state index in [1.165, 1.54) is 12.1 Å². The Morgan fingerprint density at radius 2 is 1.45 bits per heavy atom. The van der Waals surface area contributed by atoms with Crippen molar-refractivity contribution in [1.29, 1.82) is 0 Å². The summed E-state index contributed by atoms with van der Waals surface area (Å²) in [4.78, 5) is 25.0. The monoisotopic (exact) mass is 414 g/mol. The third-order valence-corrected chi connectivity index (χ3v) is 5.62. The molecule has 0 fully saturated rings. The van der Waals surface area contributed by atoms with Gasteiger partial charge in [0.05, 0.1) is 18.8 Å². The van der Waals surface area contributed by atoms with Gasteiger partial charge in [-0.05, 0) is 61.6 Å². The first-order chi connectivity index (χ1) is 15.2. The van der Waals surface area contributed by atoms with Gasteiger partial charge in [-0.25, -0.2) is 4.79 Å². The Kier molecular flexibility index (Phi) is 5.16. The van der Waals surface area contributed by atoms with E-state index in [0.717, 1.165) is 53.5 Å². The number of carbonyl (C=O) groups excluding carboxylic acids is 1. The van der Waals surface area contributed by atoms with Crippen molar-refractivity contribution < 1.29 is 18.7 Å². The highest BCUT2D eigenvalue weighted by Gasteiger charge is 2.22. The Balaban J connectivity index is 1.81. The minimum atomic E-state index is -0.342.